The van der Waals surface area contributed by atoms with Crippen molar-refractivity contribution >= 4 is 23.5 Å². The molecule has 1 unspecified atom stereocenters. The van der Waals surface area contributed by atoms with Crippen molar-refractivity contribution in [3.8, 4) is 11.8 Å². The molecule has 1 amide bonds. The second-order valence-corrected chi connectivity index (χ2v) is 6.95. The van der Waals surface area contributed by atoms with E-state index in [9.17, 15) is 14.9 Å². The molecule has 1 heterocycles. The molecule has 2 rings (SSSR count). The predicted octanol–water partition coefficient (Wildman–Crippen LogP) is 3.05. The van der Waals surface area contributed by atoms with E-state index in [-0.39, 0.29) is 16.6 Å². The second-order valence-electron chi connectivity index (χ2n) is 6.59. The van der Waals surface area contributed by atoms with Crippen LogP contribution in [0.3, 0.4) is 0 Å². The van der Waals surface area contributed by atoms with Gasteiger partial charge in [-0.2, -0.15) is 10.4 Å². The number of para-hydroxylation sites is 1. The number of esters is 1. The van der Waals surface area contributed by atoms with Crippen molar-refractivity contribution < 1.29 is 14.3 Å². The van der Waals surface area contributed by atoms with E-state index in [1.165, 1.54) is 4.68 Å². The average molecular weight is 389 g/mol. The van der Waals surface area contributed by atoms with Gasteiger partial charge in [-0.25, -0.2) is 9.48 Å². The molecule has 142 valence electrons. The SMILES string of the molecule is Cc1nn(-c2ccccc2)c(Cl)c1C(=O)OCC(=O)NC(C)(C#N)C(C)C. The number of hydrogen-bond acceptors (Lipinski definition) is 5. The molecule has 0 saturated heterocycles. The third-order valence-electron chi connectivity index (χ3n) is 4.33. The highest BCUT2D eigenvalue weighted by Gasteiger charge is 2.30. The molecule has 0 bridgehead atoms. The summed E-state index contributed by atoms with van der Waals surface area (Å²) in [6, 6.07) is 11.2. The van der Waals surface area contributed by atoms with Gasteiger partial charge in [-0.05, 0) is 31.9 Å². The van der Waals surface area contributed by atoms with E-state index in [1.807, 2.05) is 32.0 Å². The summed E-state index contributed by atoms with van der Waals surface area (Å²) in [5.74, 6) is -1.42. The number of nitrogens with one attached hydrogen (secondary N) is 1. The average Bonchev–Trinajstić information content (AvgIpc) is 2.94. The van der Waals surface area contributed by atoms with Crippen molar-refractivity contribution in [2.75, 3.05) is 6.61 Å². The van der Waals surface area contributed by atoms with Crippen molar-refractivity contribution in [2.45, 2.75) is 33.2 Å². The van der Waals surface area contributed by atoms with Gasteiger partial charge in [0.15, 0.2) is 6.61 Å². The third-order valence-corrected chi connectivity index (χ3v) is 4.68. The van der Waals surface area contributed by atoms with Crippen molar-refractivity contribution in [2.24, 2.45) is 5.92 Å². The number of aryl methyl sites for hydroxylation is 1. The van der Waals surface area contributed by atoms with Crippen molar-refractivity contribution in [1.82, 2.24) is 15.1 Å². The minimum atomic E-state index is -1.05. The fourth-order valence-corrected chi connectivity index (χ4v) is 2.65. The highest BCUT2D eigenvalue weighted by atomic mass is 35.5. The summed E-state index contributed by atoms with van der Waals surface area (Å²) in [5.41, 5.74) is 0.137. The van der Waals surface area contributed by atoms with Crippen LogP contribution in [0.25, 0.3) is 5.69 Å². The van der Waals surface area contributed by atoms with Crippen LogP contribution < -0.4 is 5.32 Å². The van der Waals surface area contributed by atoms with Crippen molar-refractivity contribution in [1.29, 1.82) is 5.26 Å². The number of nitrogens with zero attached hydrogens (tertiary/aromatic N) is 3. The number of hydrogen-bond donors (Lipinski definition) is 1. The number of aromatic nitrogens is 2. The van der Waals surface area contributed by atoms with E-state index in [2.05, 4.69) is 16.5 Å². The van der Waals surface area contributed by atoms with Crippen LogP contribution in [0.1, 0.15) is 36.8 Å². The monoisotopic (exact) mass is 388 g/mol. The summed E-state index contributed by atoms with van der Waals surface area (Å²) in [4.78, 5) is 24.5. The molecule has 2 aromatic rings. The van der Waals surface area contributed by atoms with Gasteiger partial charge in [-0.1, -0.05) is 43.6 Å². The molecule has 1 atom stereocenters. The molecule has 0 radical (unpaired) electrons. The largest absolute Gasteiger partial charge is 0.452 e. The van der Waals surface area contributed by atoms with E-state index in [4.69, 9.17) is 16.3 Å². The van der Waals surface area contributed by atoms with Crippen LogP contribution in [0.4, 0.5) is 0 Å². The Kier molecular flexibility index (Phi) is 6.24. The van der Waals surface area contributed by atoms with Crippen molar-refractivity contribution in [3.05, 3.63) is 46.7 Å². The molecule has 0 aliphatic carbocycles. The quantitative estimate of drug-likeness (QED) is 0.767. The Bertz CT molecular complexity index is 886. The topological polar surface area (TPSA) is 97.0 Å². The summed E-state index contributed by atoms with van der Waals surface area (Å²) in [5, 5.41) is 16.2. The Morgan fingerprint density at radius 1 is 1.37 bits per heavy atom. The lowest BCUT2D eigenvalue weighted by Crippen LogP contribution is -2.50. The molecular weight excluding hydrogens is 368 g/mol. The van der Waals surface area contributed by atoms with E-state index < -0.39 is 24.0 Å². The maximum absolute atomic E-state index is 12.4. The maximum atomic E-state index is 12.4. The van der Waals surface area contributed by atoms with Crippen LogP contribution in [0.15, 0.2) is 30.3 Å². The molecule has 0 aliphatic rings. The normalized spacial score (nSPS) is 12.9. The predicted molar refractivity (Wildman–Crippen MR) is 101 cm³/mol. The van der Waals surface area contributed by atoms with E-state index in [1.54, 1.807) is 26.0 Å². The van der Waals surface area contributed by atoms with Crippen LogP contribution >= 0.6 is 11.6 Å². The summed E-state index contributed by atoms with van der Waals surface area (Å²) >= 11 is 6.30. The first-order valence-corrected chi connectivity index (χ1v) is 8.77. The first-order chi connectivity index (χ1) is 12.7. The van der Waals surface area contributed by atoms with Crippen LogP contribution in [-0.4, -0.2) is 33.8 Å². The Morgan fingerprint density at radius 2 is 2.00 bits per heavy atom. The van der Waals surface area contributed by atoms with Crippen LogP contribution in [0.5, 0.6) is 0 Å². The third kappa shape index (κ3) is 4.47. The lowest BCUT2D eigenvalue weighted by atomic mass is 9.90. The molecule has 0 fully saturated rings. The van der Waals surface area contributed by atoms with Gasteiger partial charge < -0.3 is 10.1 Å². The number of ether oxygens (including phenoxy) is 1. The molecule has 1 aromatic carbocycles. The minimum absolute atomic E-state index is 0.0974. The summed E-state index contributed by atoms with van der Waals surface area (Å²) in [7, 11) is 0. The summed E-state index contributed by atoms with van der Waals surface area (Å²) < 4.78 is 6.50. The number of halogens is 1. The zero-order chi connectivity index (χ0) is 20.2. The molecule has 7 nitrogen and oxygen atoms in total. The van der Waals surface area contributed by atoms with Gasteiger partial charge in [0, 0.05) is 0 Å². The van der Waals surface area contributed by atoms with Crippen LogP contribution in [0, 0.1) is 24.2 Å². The minimum Gasteiger partial charge on any atom is -0.452 e. The number of rotatable bonds is 6. The van der Waals surface area contributed by atoms with E-state index in [0.717, 1.165) is 0 Å². The lowest BCUT2D eigenvalue weighted by molar-refractivity contribution is -0.125. The fourth-order valence-electron chi connectivity index (χ4n) is 2.30. The Balaban J connectivity index is 2.10. The van der Waals surface area contributed by atoms with Gasteiger partial charge in [0.1, 0.15) is 16.3 Å². The van der Waals surface area contributed by atoms with Gasteiger partial charge in [0.25, 0.3) is 5.91 Å². The molecule has 1 aromatic heterocycles. The number of carbonyl (C=O) groups is 2. The summed E-state index contributed by atoms with van der Waals surface area (Å²) in [6.07, 6.45) is 0. The Hall–Kier alpha value is -2.85. The smallest absolute Gasteiger partial charge is 0.343 e. The summed E-state index contributed by atoms with van der Waals surface area (Å²) in [6.45, 7) is 6.36. The number of carbonyl (C=O) groups excluding carboxylic acids is 2. The van der Waals surface area contributed by atoms with E-state index >= 15 is 0 Å². The molecule has 1 N–H and O–H groups in total. The van der Waals surface area contributed by atoms with Crippen LogP contribution in [0.2, 0.25) is 5.15 Å². The van der Waals surface area contributed by atoms with Crippen molar-refractivity contribution in [3.63, 3.8) is 0 Å². The zero-order valence-corrected chi connectivity index (χ0v) is 16.4. The molecule has 0 saturated carbocycles. The molecule has 0 aliphatic heterocycles. The van der Waals surface area contributed by atoms with Gasteiger partial charge in [0.05, 0.1) is 17.5 Å². The molecular formula is C19H21ClN4O3. The van der Waals surface area contributed by atoms with Gasteiger partial charge in [-0.3, -0.25) is 4.79 Å². The number of amides is 1. The second kappa shape index (κ2) is 8.23. The number of benzene rings is 1. The molecule has 27 heavy (non-hydrogen) atoms. The van der Waals surface area contributed by atoms with Gasteiger partial charge in [0.2, 0.25) is 0 Å². The van der Waals surface area contributed by atoms with Gasteiger partial charge in [-0.15, -0.1) is 0 Å². The fraction of sp³-hybridized carbons (Fsp3) is 0.368. The Morgan fingerprint density at radius 3 is 2.56 bits per heavy atom. The number of nitriles is 1. The van der Waals surface area contributed by atoms with Crippen LogP contribution in [-0.2, 0) is 9.53 Å². The van der Waals surface area contributed by atoms with Gasteiger partial charge >= 0.3 is 5.97 Å². The first-order valence-electron chi connectivity index (χ1n) is 8.39. The molecule has 0 spiro atoms. The molecule has 8 heteroatoms. The lowest BCUT2D eigenvalue weighted by Gasteiger charge is -2.27. The van der Waals surface area contributed by atoms with E-state index in [0.29, 0.717) is 11.4 Å². The Labute approximate surface area is 162 Å². The zero-order valence-electron chi connectivity index (χ0n) is 15.6. The standard InChI is InChI=1S/C19H21ClN4O3/c1-12(2)19(4,11-21)22-15(25)10-27-18(26)16-13(3)23-24(17(16)20)14-8-6-5-7-9-14/h5-9,12H,10H2,1-4H3,(H,22,25). The maximum Gasteiger partial charge on any atom is 0.343 e. The highest BCUT2D eigenvalue weighted by Crippen LogP contribution is 2.24. The highest BCUT2D eigenvalue weighted by molar-refractivity contribution is 6.33. The first kappa shape index (κ1) is 20.5.